The minimum atomic E-state index is -0.248. The van der Waals surface area contributed by atoms with Crippen molar-refractivity contribution in [3.05, 3.63) is 82.8 Å². The Hall–Kier alpha value is -3.05. The average molecular weight is 389 g/mol. The second-order valence-corrected chi connectivity index (χ2v) is 7.43. The third kappa shape index (κ3) is 3.66. The molecule has 4 nitrogen and oxygen atoms in total. The van der Waals surface area contributed by atoms with Gasteiger partial charge in [0.2, 0.25) is 0 Å². The monoisotopic (exact) mass is 389 g/mol. The van der Waals surface area contributed by atoms with Crippen LogP contribution in [0.1, 0.15) is 18.1 Å². The number of hydrogen-bond acceptors (Lipinski definition) is 4. The summed E-state index contributed by atoms with van der Waals surface area (Å²) >= 11 is 0.969. The topological polar surface area (TPSA) is 46.6 Å². The third-order valence-corrected chi connectivity index (χ3v) is 5.51. The van der Waals surface area contributed by atoms with E-state index in [0.29, 0.717) is 23.8 Å². The molecule has 4 rings (SSSR count). The highest BCUT2D eigenvalue weighted by molar-refractivity contribution is 8.18. The quantitative estimate of drug-likeness (QED) is 0.543. The predicted octanol–water partition coefficient (Wildman–Crippen LogP) is 5.48. The summed E-state index contributed by atoms with van der Waals surface area (Å²) in [7, 11) is 0. The number of likely N-dealkylation sites (N-methyl/N-ethyl adjacent to an activating group) is 1. The van der Waals surface area contributed by atoms with Gasteiger partial charge in [-0.3, -0.25) is 14.5 Å². The molecule has 0 bridgehead atoms. The Morgan fingerprint density at radius 1 is 0.964 bits per heavy atom. The molecule has 3 aromatic carbocycles. The van der Waals surface area contributed by atoms with Crippen LogP contribution in [0.2, 0.25) is 0 Å². The fourth-order valence-corrected chi connectivity index (χ4v) is 4.03. The fourth-order valence-electron chi connectivity index (χ4n) is 3.13. The number of hydrogen-bond donors (Lipinski definition) is 0. The molecule has 1 heterocycles. The van der Waals surface area contributed by atoms with Crippen molar-refractivity contribution in [3.8, 4) is 5.75 Å². The number of benzene rings is 3. The van der Waals surface area contributed by atoms with Crippen LogP contribution in [0.4, 0.5) is 4.79 Å². The summed E-state index contributed by atoms with van der Waals surface area (Å²) in [5.74, 6) is 0.431. The highest BCUT2D eigenvalue weighted by atomic mass is 32.2. The summed E-state index contributed by atoms with van der Waals surface area (Å²) in [4.78, 5) is 25.9. The highest BCUT2D eigenvalue weighted by Gasteiger charge is 2.33. The molecule has 0 spiro atoms. The SMILES string of the molecule is CCN1C(=O)S/C(=C/c2ccccc2OCc2ccc3ccccc3c2)C1=O. The lowest BCUT2D eigenvalue weighted by Crippen LogP contribution is -2.27. The van der Waals surface area contributed by atoms with E-state index < -0.39 is 0 Å². The van der Waals surface area contributed by atoms with E-state index in [0.717, 1.165) is 22.9 Å². The average Bonchev–Trinajstić information content (AvgIpc) is 2.99. The first-order valence-electron chi connectivity index (χ1n) is 9.10. The molecule has 0 saturated carbocycles. The Morgan fingerprint density at radius 3 is 2.50 bits per heavy atom. The molecule has 0 atom stereocenters. The number of fused-ring (bicyclic) bond motifs is 1. The number of rotatable bonds is 5. The summed E-state index contributed by atoms with van der Waals surface area (Å²) in [6, 6.07) is 22.0. The number of carbonyl (C=O) groups excluding carboxylic acids is 2. The van der Waals surface area contributed by atoms with Gasteiger partial charge in [0.05, 0.1) is 4.91 Å². The molecule has 0 radical (unpaired) electrons. The van der Waals surface area contributed by atoms with Gasteiger partial charge in [0.1, 0.15) is 12.4 Å². The molecule has 5 heteroatoms. The lowest BCUT2D eigenvalue weighted by molar-refractivity contribution is -0.122. The molecule has 0 aliphatic carbocycles. The molecule has 28 heavy (non-hydrogen) atoms. The molecule has 0 unspecified atom stereocenters. The number of thioether (sulfide) groups is 1. The van der Waals surface area contributed by atoms with Crippen LogP contribution in [0.25, 0.3) is 16.8 Å². The second-order valence-electron chi connectivity index (χ2n) is 6.43. The molecule has 0 N–H and O–H groups in total. The van der Waals surface area contributed by atoms with Crippen molar-refractivity contribution in [1.82, 2.24) is 4.90 Å². The van der Waals surface area contributed by atoms with Crippen LogP contribution in [-0.4, -0.2) is 22.6 Å². The van der Waals surface area contributed by atoms with Gasteiger partial charge >= 0.3 is 0 Å². The number of amides is 2. The van der Waals surface area contributed by atoms with Crippen molar-refractivity contribution in [2.24, 2.45) is 0 Å². The molecule has 140 valence electrons. The van der Waals surface area contributed by atoms with Crippen LogP contribution in [0.3, 0.4) is 0 Å². The lowest BCUT2D eigenvalue weighted by atomic mass is 10.1. The zero-order valence-electron chi connectivity index (χ0n) is 15.4. The predicted molar refractivity (Wildman–Crippen MR) is 113 cm³/mol. The Bertz CT molecular complexity index is 1090. The van der Waals surface area contributed by atoms with Crippen molar-refractivity contribution < 1.29 is 14.3 Å². The molecule has 2 amide bonds. The maximum Gasteiger partial charge on any atom is 0.293 e. The summed E-state index contributed by atoms with van der Waals surface area (Å²) < 4.78 is 6.03. The minimum Gasteiger partial charge on any atom is -0.488 e. The standard InChI is InChI=1S/C23H19NO3S/c1-2-24-22(25)21(28-23(24)26)14-19-9-5-6-10-20(19)27-15-16-11-12-17-7-3-4-8-18(17)13-16/h3-14H,2,15H2,1H3/b21-14+. The zero-order valence-corrected chi connectivity index (χ0v) is 16.2. The van der Waals surface area contributed by atoms with Crippen LogP contribution in [0, 0.1) is 0 Å². The van der Waals surface area contributed by atoms with Gasteiger partial charge in [-0.1, -0.05) is 54.6 Å². The molecular weight excluding hydrogens is 370 g/mol. The van der Waals surface area contributed by atoms with Gasteiger partial charge in [-0.2, -0.15) is 0 Å². The molecule has 1 aliphatic rings. The van der Waals surface area contributed by atoms with E-state index in [1.54, 1.807) is 13.0 Å². The van der Waals surface area contributed by atoms with E-state index in [2.05, 4.69) is 30.3 Å². The van der Waals surface area contributed by atoms with E-state index in [-0.39, 0.29) is 11.1 Å². The van der Waals surface area contributed by atoms with Crippen LogP contribution >= 0.6 is 11.8 Å². The van der Waals surface area contributed by atoms with Gasteiger partial charge in [0.25, 0.3) is 11.1 Å². The molecule has 1 saturated heterocycles. The van der Waals surface area contributed by atoms with Gasteiger partial charge in [0.15, 0.2) is 0 Å². The van der Waals surface area contributed by atoms with Crippen LogP contribution in [0.15, 0.2) is 71.6 Å². The van der Waals surface area contributed by atoms with Crippen molar-refractivity contribution in [3.63, 3.8) is 0 Å². The van der Waals surface area contributed by atoms with Crippen LogP contribution < -0.4 is 4.74 Å². The van der Waals surface area contributed by atoms with E-state index in [4.69, 9.17) is 4.74 Å². The highest BCUT2D eigenvalue weighted by Crippen LogP contribution is 2.34. The Kier molecular flexibility index (Phi) is 5.17. The van der Waals surface area contributed by atoms with Gasteiger partial charge < -0.3 is 4.74 Å². The first-order chi connectivity index (χ1) is 13.7. The first kappa shape index (κ1) is 18.3. The van der Waals surface area contributed by atoms with Gasteiger partial charge in [-0.15, -0.1) is 0 Å². The Labute approximate surface area is 167 Å². The van der Waals surface area contributed by atoms with Gasteiger partial charge in [-0.05, 0) is 53.2 Å². The van der Waals surface area contributed by atoms with Crippen LogP contribution in [-0.2, 0) is 11.4 Å². The van der Waals surface area contributed by atoms with E-state index in [1.165, 1.54) is 15.7 Å². The van der Waals surface area contributed by atoms with Crippen molar-refractivity contribution in [2.45, 2.75) is 13.5 Å². The third-order valence-electron chi connectivity index (χ3n) is 4.60. The number of ether oxygens (including phenoxy) is 1. The summed E-state index contributed by atoms with van der Waals surface area (Å²) in [5.41, 5.74) is 1.85. The fraction of sp³-hybridized carbons (Fsp3) is 0.130. The Balaban J connectivity index is 1.55. The number of carbonyl (C=O) groups is 2. The number of nitrogens with zero attached hydrogens (tertiary/aromatic N) is 1. The maximum atomic E-state index is 12.3. The van der Waals surface area contributed by atoms with E-state index in [9.17, 15) is 9.59 Å². The molecular formula is C23H19NO3S. The number of imide groups is 1. The molecule has 1 aliphatic heterocycles. The summed E-state index contributed by atoms with van der Waals surface area (Å²) in [6.45, 7) is 2.59. The maximum absolute atomic E-state index is 12.3. The summed E-state index contributed by atoms with van der Waals surface area (Å²) in [6.07, 6.45) is 1.73. The molecule has 0 aromatic heterocycles. The zero-order chi connectivity index (χ0) is 19.5. The lowest BCUT2D eigenvalue weighted by Gasteiger charge is -2.10. The smallest absolute Gasteiger partial charge is 0.293 e. The largest absolute Gasteiger partial charge is 0.488 e. The van der Waals surface area contributed by atoms with E-state index >= 15 is 0 Å². The first-order valence-corrected chi connectivity index (χ1v) is 9.92. The molecule has 3 aromatic rings. The second kappa shape index (κ2) is 7.90. The number of para-hydroxylation sites is 1. The van der Waals surface area contributed by atoms with Crippen molar-refractivity contribution in [1.29, 1.82) is 0 Å². The van der Waals surface area contributed by atoms with Crippen LogP contribution in [0.5, 0.6) is 5.75 Å². The van der Waals surface area contributed by atoms with E-state index in [1.807, 2.05) is 36.4 Å². The molecule has 1 fully saturated rings. The summed E-state index contributed by atoms with van der Waals surface area (Å²) in [5, 5.41) is 2.14. The van der Waals surface area contributed by atoms with Gasteiger partial charge in [0, 0.05) is 12.1 Å². The normalized spacial score (nSPS) is 15.6. The van der Waals surface area contributed by atoms with Crippen molar-refractivity contribution in [2.75, 3.05) is 6.54 Å². The van der Waals surface area contributed by atoms with Crippen molar-refractivity contribution >= 4 is 39.8 Å². The van der Waals surface area contributed by atoms with Gasteiger partial charge in [-0.25, -0.2) is 0 Å². The Morgan fingerprint density at radius 2 is 1.71 bits per heavy atom. The minimum absolute atomic E-state index is 0.228.